The fourth-order valence-corrected chi connectivity index (χ4v) is 5.08. The number of anilines is 1. The molecule has 5 aromatic rings. The van der Waals surface area contributed by atoms with Crippen molar-refractivity contribution in [3.8, 4) is 5.69 Å². The Labute approximate surface area is 216 Å². The average Bonchev–Trinajstić information content (AvgIpc) is 3.57. The fourth-order valence-electron chi connectivity index (χ4n) is 4.86. The zero-order valence-corrected chi connectivity index (χ0v) is 20.8. The van der Waals surface area contributed by atoms with Gasteiger partial charge >= 0.3 is 0 Å². The zero-order chi connectivity index (χ0) is 24.3. The number of benzene rings is 1. The molecule has 1 N–H and O–H groups in total. The second kappa shape index (κ2) is 9.07. The minimum Gasteiger partial charge on any atom is -0.346 e. The number of carbonyl (C=O) groups is 1. The van der Waals surface area contributed by atoms with E-state index in [4.69, 9.17) is 16.7 Å². The van der Waals surface area contributed by atoms with E-state index in [9.17, 15) is 14.0 Å². The number of halogens is 2. The summed E-state index contributed by atoms with van der Waals surface area (Å²) in [6.07, 6.45) is 6.17. The molecule has 184 valence electrons. The lowest BCUT2D eigenvalue weighted by atomic mass is 10.1. The van der Waals surface area contributed by atoms with E-state index in [-0.39, 0.29) is 35.9 Å². The number of fused-ring (bicyclic) bond motifs is 2. The molecule has 1 atom stereocenters. The summed E-state index contributed by atoms with van der Waals surface area (Å²) in [5, 5.41) is 5.64. The maximum atomic E-state index is 14.2. The van der Waals surface area contributed by atoms with Crippen molar-refractivity contribution < 1.29 is 9.18 Å². The summed E-state index contributed by atoms with van der Waals surface area (Å²) in [5.74, 6) is 0.418. The molecule has 1 aliphatic heterocycles. The van der Waals surface area contributed by atoms with Crippen LogP contribution in [0.3, 0.4) is 0 Å². The Bertz CT molecular complexity index is 1700. The second-order valence-corrected chi connectivity index (χ2v) is 8.87. The molecule has 1 aliphatic rings. The molecular formula is C24H21ClFN7O2S. The van der Waals surface area contributed by atoms with Crippen LogP contribution in [0.5, 0.6) is 0 Å². The first-order valence-electron chi connectivity index (χ1n) is 11.1. The Hall–Kier alpha value is -3.70. The third kappa shape index (κ3) is 3.66. The van der Waals surface area contributed by atoms with Crippen molar-refractivity contribution in [1.82, 2.24) is 29.1 Å². The normalized spacial score (nSPS) is 15.5. The largest absolute Gasteiger partial charge is 0.346 e. The number of aromatic amines is 1. The Balaban J connectivity index is 0.00000267. The van der Waals surface area contributed by atoms with Gasteiger partial charge in [-0.15, -0.1) is 0 Å². The molecule has 12 heteroatoms. The van der Waals surface area contributed by atoms with Crippen LogP contribution in [0.15, 0.2) is 53.8 Å². The number of nitrogens with zero attached hydrogens (tertiary/aromatic N) is 6. The van der Waals surface area contributed by atoms with Crippen LogP contribution < -0.4 is 10.5 Å². The molecule has 5 heterocycles. The molecule has 1 fully saturated rings. The molecule has 0 bridgehead atoms. The molecule has 9 nitrogen and oxygen atoms in total. The van der Waals surface area contributed by atoms with Gasteiger partial charge in [-0.05, 0) is 44.0 Å². The summed E-state index contributed by atoms with van der Waals surface area (Å²) in [6, 6.07) is 7.05. The van der Waals surface area contributed by atoms with Crippen molar-refractivity contribution in [2.45, 2.75) is 25.8 Å². The van der Waals surface area contributed by atoms with E-state index in [1.54, 1.807) is 30.6 Å². The van der Waals surface area contributed by atoms with Gasteiger partial charge < -0.3 is 9.88 Å². The Morgan fingerprint density at radius 1 is 1.25 bits per heavy atom. The number of Topliss-reactive ketones (excluding diaryl/α,β-unsaturated/α-hetero) is 1. The van der Waals surface area contributed by atoms with E-state index >= 15 is 0 Å². The van der Waals surface area contributed by atoms with E-state index in [1.807, 2.05) is 4.90 Å². The van der Waals surface area contributed by atoms with Crippen molar-refractivity contribution in [2.24, 2.45) is 0 Å². The Morgan fingerprint density at radius 3 is 2.86 bits per heavy atom. The van der Waals surface area contributed by atoms with Crippen molar-refractivity contribution >= 4 is 53.2 Å². The summed E-state index contributed by atoms with van der Waals surface area (Å²) in [7, 11) is 0. The van der Waals surface area contributed by atoms with Crippen molar-refractivity contribution in [2.75, 3.05) is 11.4 Å². The van der Waals surface area contributed by atoms with Gasteiger partial charge in [0.2, 0.25) is 0 Å². The minimum absolute atomic E-state index is 0. The number of ketones is 1. The quantitative estimate of drug-likeness (QED) is 0.353. The topological polar surface area (TPSA) is 101 Å². The van der Waals surface area contributed by atoms with Crippen LogP contribution in [0, 0.1) is 5.82 Å². The van der Waals surface area contributed by atoms with Gasteiger partial charge in [0.15, 0.2) is 11.6 Å². The van der Waals surface area contributed by atoms with Gasteiger partial charge in [0.05, 0.1) is 22.1 Å². The van der Waals surface area contributed by atoms with Gasteiger partial charge in [0.1, 0.15) is 29.1 Å². The lowest BCUT2D eigenvalue weighted by Gasteiger charge is -2.27. The molecule has 1 saturated heterocycles. The highest BCUT2D eigenvalue weighted by atomic mass is 35.5. The molecule has 6 rings (SSSR count). The van der Waals surface area contributed by atoms with Gasteiger partial charge in [0.25, 0.3) is 5.56 Å². The third-order valence-corrected chi connectivity index (χ3v) is 6.69. The van der Waals surface area contributed by atoms with E-state index in [0.29, 0.717) is 46.9 Å². The van der Waals surface area contributed by atoms with Crippen LogP contribution in [0.2, 0.25) is 5.02 Å². The number of aromatic nitrogens is 6. The Kier molecular flexibility index (Phi) is 6.05. The van der Waals surface area contributed by atoms with Crippen LogP contribution in [0.25, 0.3) is 22.2 Å². The second-order valence-electron chi connectivity index (χ2n) is 8.47. The maximum absolute atomic E-state index is 14.2. The molecular weight excluding hydrogens is 505 g/mol. The summed E-state index contributed by atoms with van der Waals surface area (Å²) >= 11 is 6.29. The molecule has 0 aliphatic carbocycles. The monoisotopic (exact) mass is 525 g/mol. The van der Waals surface area contributed by atoms with E-state index in [0.717, 1.165) is 6.42 Å². The highest BCUT2D eigenvalue weighted by Gasteiger charge is 2.34. The number of H-pyrrole nitrogens is 1. The summed E-state index contributed by atoms with van der Waals surface area (Å²) in [4.78, 5) is 39.8. The van der Waals surface area contributed by atoms with Gasteiger partial charge in [-0.1, -0.05) is 17.7 Å². The van der Waals surface area contributed by atoms with Crippen LogP contribution in [0.4, 0.5) is 10.2 Å². The first-order valence-corrected chi connectivity index (χ1v) is 11.5. The molecule has 0 amide bonds. The molecule has 0 spiro atoms. The number of rotatable bonds is 4. The van der Waals surface area contributed by atoms with Gasteiger partial charge in [-0.2, -0.15) is 18.6 Å². The molecule has 4 aromatic heterocycles. The molecule has 0 radical (unpaired) electrons. The molecule has 0 saturated carbocycles. The van der Waals surface area contributed by atoms with E-state index in [2.05, 4.69) is 15.0 Å². The summed E-state index contributed by atoms with van der Waals surface area (Å²) in [6.45, 7) is 2.12. The van der Waals surface area contributed by atoms with Gasteiger partial charge in [-0.3, -0.25) is 14.2 Å². The molecule has 36 heavy (non-hydrogen) atoms. The zero-order valence-electron chi connectivity index (χ0n) is 19.1. The van der Waals surface area contributed by atoms with Crippen LogP contribution in [-0.2, 0) is 0 Å². The number of nitrogens with one attached hydrogen (secondary N) is 1. The lowest BCUT2D eigenvalue weighted by molar-refractivity contribution is 0.101. The van der Waals surface area contributed by atoms with Crippen molar-refractivity contribution in [1.29, 1.82) is 0 Å². The number of hydrogen-bond acceptors (Lipinski definition) is 6. The first kappa shape index (κ1) is 24.0. The number of carbonyl (C=O) groups excluding carboxylic acids is 1. The van der Waals surface area contributed by atoms with Crippen molar-refractivity contribution in [3.05, 3.63) is 81.6 Å². The van der Waals surface area contributed by atoms with E-state index < -0.39 is 11.4 Å². The standard InChI is InChI=1S/C24H19ClFN7O2.H2S/c1-13(34)16-11-27-21-19(16)23(29-12-28-21)31-8-3-6-18(31)22-30-32-9-7-17(25)20(32)24(35)33(22)15-5-2-4-14(26)10-15;/h2,4-5,7,9-12,18H,3,6,8H2,1H3,(H,27,28,29);1H2/t18-;/m0./s1. The van der Waals surface area contributed by atoms with Crippen LogP contribution >= 0.6 is 25.1 Å². The average molecular weight is 526 g/mol. The van der Waals surface area contributed by atoms with Crippen molar-refractivity contribution in [3.63, 3.8) is 0 Å². The predicted octanol–water partition coefficient (Wildman–Crippen LogP) is 4.21. The maximum Gasteiger partial charge on any atom is 0.284 e. The number of hydrogen-bond donors (Lipinski definition) is 1. The minimum atomic E-state index is -0.471. The Morgan fingerprint density at radius 2 is 2.08 bits per heavy atom. The highest BCUT2D eigenvalue weighted by molar-refractivity contribution is 7.59. The summed E-state index contributed by atoms with van der Waals surface area (Å²) in [5.41, 5.74) is 1.20. The SMILES string of the molecule is CC(=O)c1c[nH]c2ncnc(N3CCC[C@H]3c3nn4ccc(Cl)c4c(=O)n3-c3cccc(F)c3)c12.S. The van der Waals surface area contributed by atoms with Gasteiger partial charge in [-0.25, -0.2) is 18.9 Å². The first-order chi connectivity index (χ1) is 16.9. The molecule has 0 unspecified atom stereocenters. The van der Waals surface area contributed by atoms with Gasteiger partial charge in [0, 0.05) is 24.5 Å². The lowest BCUT2D eigenvalue weighted by Crippen LogP contribution is -2.33. The highest BCUT2D eigenvalue weighted by Crippen LogP contribution is 2.38. The third-order valence-electron chi connectivity index (χ3n) is 6.38. The van der Waals surface area contributed by atoms with Crippen LogP contribution in [0.1, 0.15) is 42.0 Å². The fraction of sp³-hybridized carbons (Fsp3) is 0.208. The van der Waals surface area contributed by atoms with E-state index in [1.165, 1.54) is 34.5 Å². The van der Waals surface area contributed by atoms with Crippen LogP contribution in [-0.4, -0.2) is 41.5 Å². The predicted molar refractivity (Wildman–Crippen MR) is 139 cm³/mol. The smallest absolute Gasteiger partial charge is 0.284 e. The summed E-state index contributed by atoms with van der Waals surface area (Å²) < 4.78 is 17.1. The molecule has 1 aromatic carbocycles.